The van der Waals surface area contributed by atoms with Gasteiger partial charge >= 0.3 is 5.69 Å². The van der Waals surface area contributed by atoms with Gasteiger partial charge in [0.1, 0.15) is 5.82 Å². The fraction of sp³-hybridized carbons (Fsp3) is 0.292. The van der Waals surface area contributed by atoms with E-state index in [9.17, 15) is 23.6 Å². The molecule has 0 unspecified atom stereocenters. The molecule has 4 rings (SSSR count). The van der Waals surface area contributed by atoms with Crippen molar-refractivity contribution < 1.29 is 14.0 Å². The van der Waals surface area contributed by atoms with E-state index in [2.05, 4.69) is 5.10 Å². The average molecular weight is 465 g/mol. The van der Waals surface area contributed by atoms with E-state index in [1.807, 2.05) is 6.92 Å². The number of amides is 2. The van der Waals surface area contributed by atoms with Crippen LogP contribution in [-0.4, -0.2) is 62.1 Å². The van der Waals surface area contributed by atoms with Crippen LogP contribution < -0.4 is 11.2 Å². The molecule has 0 bridgehead atoms. The number of hydrogen-bond donors (Lipinski definition) is 0. The maximum absolute atomic E-state index is 13.7. The van der Waals surface area contributed by atoms with Crippen molar-refractivity contribution in [2.24, 2.45) is 0 Å². The molecule has 176 valence electrons. The van der Waals surface area contributed by atoms with Gasteiger partial charge in [-0.15, -0.1) is 0 Å². The Labute approximate surface area is 194 Å². The lowest BCUT2D eigenvalue weighted by Crippen LogP contribution is -2.52. The summed E-state index contributed by atoms with van der Waals surface area (Å²) in [5.41, 5.74) is -0.251. The molecule has 2 aromatic carbocycles. The van der Waals surface area contributed by atoms with Gasteiger partial charge in [-0.25, -0.2) is 9.18 Å². The fourth-order valence-corrected chi connectivity index (χ4v) is 3.83. The van der Waals surface area contributed by atoms with Gasteiger partial charge in [0.25, 0.3) is 11.5 Å². The molecule has 34 heavy (non-hydrogen) atoms. The highest BCUT2D eigenvalue weighted by atomic mass is 19.1. The second kappa shape index (κ2) is 9.42. The van der Waals surface area contributed by atoms with E-state index >= 15 is 0 Å². The molecule has 1 saturated heterocycles. The number of nitrogens with zero attached hydrogens (tertiary/aromatic N) is 5. The summed E-state index contributed by atoms with van der Waals surface area (Å²) >= 11 is 0. The van der Waals surface area contributed by atoms with Crippen LogP contribution in [0, 0.1) is 12.7 Å². The quantitative estimate of drug-likeness (QED) is 0.577. The Kier molecular flexibility index (Phi) is 6.40. The van der Waals surface area contributed by atoms with E-state index in [1.54, 1.807) is 35.2 Å². The number of halogens is 1. The fourth-order valence-electron chi connectivity index (χ4n) is 3.83. The highest BCUT2D eigenvalue weighted by Gasteiger charge is 2.28. The molecule has 0 saturated carbocycles. The van der Waals surface area contributed by atoms with E-state index in [4.69, 9.17) is 0 Å². The van der Waals surface area contributed by atoms with Crippen LogP contribution in [-0.2, 0) is 11.3 Å². The summed E-state index contributed by atoms with van der Waals surface area (Å²) in [6.45, 7) is 4.30. The van der Waals surface area contributed by atoms with Gasteiger partial charge in [0.05, 0.1) is 12.2 Å². The molecular weight excluding hydrogens is 441 g/mol. The first kappa shape index (κ1) is 23.1. The summed E-state index contributed by atoms with van der Waals surface area (Å²) in [4.78, 5) is 54.4. The lowest BCUT2D eigenvalue weighted by atomic mass is 10.2. The van der Waals surface area contributed by atoms with Crippen LogP contribution in [0.4, 0.5) is 4.39 Å². The largest absolute Gasteiger partial charge is 0.352 e. The lowest BCUT2D eigenvalue weighted by molar-refractivity contribution is -0.130. The molecule has 9 nitrogen and oxygen atoms in total. The molecule has 1 aromatic heterocycles. The van der Waals surface area contributed by atoms with Gasteiger partial charge in [0.15, 0.2) is 0 Å². The maximum atomic E-state index is 13.7. The summed E-state index contributed by atoms with van der Waals surface area (Å²) in [7, 11) is 0. The second-order valence-electron chi connectivity index (χ2n) is 8.20. The smallest absolute Gasteiger partial charge is 0.339 e. The zero-order valence-electron chi connectivity index (χ0n) is 18.9. The average Bonchev–Trinajstić information content (AvgIpc) is 2.82. The summed E-state index contributed by atoms with van der Waals surface area (Å²) < 4.78 is 15.6. The molecule has 1 aliphatic heterocycles. The Bertz CT molecular complexity index is 1360. The van der Waals surface area contributed by atoms with Crippen LogP contribution in [0.5, 0.6) is 0 Å². The van der Waals surface area contributed by atoms with Gasteiger partial charge in [0.2, 0.25) is 11.6 Å². The van der Waals surface area contributed by atoms with Crippen molar-refractivity contribution in [1.82, 2.24) is 24.1 Å². The van der Waals surface area contributed by atoms with Crippen molar-refractivity contribution in [1.29, 1.82) is 0 Å². The molecule has 3 aromatic rings. The highest BCUT2D eigenvalue weighted by molar-refractivity contribution is 5.92. The van der Waals surface area contributed by atoms with E-state index in [-0.39, 0.29) is 25.5 Å². The van der Waals surface area contributed by atoms with Crippen LogP contribution in [0.2, 0.25) is 0 Å². The van der Waals surface area contributed by atoms with E-state index < -0.39 is 28.7 Å². The van der Waals surface area contributed by atoms with Crippen LogP contribution >= 0.6 is 0 Å². The maximum Gasteiger partial charge on any atom is 0.352 e. The SMILES string of the molecule is CC(=O)N1CCN(C(=O)c2nn(-c3ccc(C)cc3)c(=O)n(Cc3cccc(F)c3)c2=O)CC1. The standard InChI is InChI=1S/C24H24FN5O4/c1-16-6-8-20(9-7-16)30-24(34)29(15-18-4-3-5-19(25)14-18)23(33)21(26-30)22(32)28-12-10-27(11-13-28)17(2)31/h3-9,14H,10-13,15H2,1-2H3. The van der Waals surface area contributed by atoms with E-state index in [0.717, 1.165) is 14.8 Å². The summed E-state index contributed by atoms with van der Waals surface area (Å²) in [5.74, 6) is -1.21. The zero-order valence-corrected chi connectivity index (χ0v) is 18.9. The number of carbonyl (C=O) groups is 2. The molecule has 1 fully saturated rings. The molecule has 0 spiro atoms. The predicted octanol–water partition coefficient (Wildman–Crippen LogP) is 1.19. The first-order valence-corrected chi connectivity index (χ1v) is 10.8. The zero-order chi connectivity index (χ0) is 24.4. The Hall–Kier alpha value is -4.08. The molecule has 0 N–H and O–H groups in total. The first-order valence-electron chi connectivity index (χ1n) is 10.8. The predicted molar refractivity (Wildman–Crippen MR) is 122 cm³/mol. The molecule has 0 radical (unpaired) electrons. The van der Waals surface area contributed by atoms with Gasteiger partial charge in [-0.05, 0) is 36.8 Å². The van der Waals surface area contributed by atoms with Crippen molar-refractivity contribution in [3.05, 3.63) is 92.0 Å². The van der Waals surface area contributed by atoms with Crippen molar-refractivity contribution in [3.63, 3.8) is 0 Å². The van der Waals surface area contributed by atoms with Crippen LogP contribution in [0.3, 0.4) is 0 Å². The van der Waals surface area contributed by atoms with Gasteiger partial charge < -0.3 is 9.80 Å². The summed E-state index contributed by atoms with van der Waals surface area (Å²) in [6, 6.07) is 12.5. The number of aromatic nitrogens is 3. The normalized spacial score (nSPS) is 13.7. The molecule has 0 aliphatic carbocycles. The van der Waals surface area contributed by atoms with Gasteiger partial charge in [0, 0.05) is 33.1 Å². The summed E-state index contributed by atoms with van der Waals surface area (Å²) in [6.07, 6.45) is 0. The molecule has 2 amide bonds. The number of benzene rings is 2. The van der Waals surface area contributed by atoms with Crippen LogP contribution in [0.1, 0.15) is 28.5 Å². The Morgan fingerprint density at radius 3 is 2.24 bits per heavy atom. The van der Waals surface area contributed by atoms with Crippen molar-refractivity contribution in [3.8, 4) is 5.69 Å². The topological polar surface area (TPSA) is 97.5 Å². The van der Waals surface area contributed by atoms with Gasteiger partial charge in [-0.2, -0.15) is 9.78 Å². The molecule has 1 aliphatic rings. The third kappa shape index (κ3) is 4.66. The first-order chi connectivity index (χ1) is 16.2. The molecule has 2 heterocycles. The molecule has 0 atom stereocenters. The monoisotopic (exact) mass is 465 g/mol. The van der Waals surface area contributed by atoms with Crippen molar-refractivity contribution in [2.45, 2.75) is 20.4 Å². The Morgan fingerprint density at radius 2 is 1.62 bits per heavy atom. The summed E-state index contributed by atoms with van der Waals surface area (Å²) in [5, 5.41) is 4.15. The van der Waals surface area contributed by atoms with Crippen LogP contribution in [0.15, 0.2) is 58.1 Å². The number of rotatable bonds is 4. The minimum absolute atomic E-state index is 0.0874. The lowest BCUT2D eigenvalue weighted by Gasteiger charge is -2.33. The number of hydrogen-bond acceptors (Lipinski definition) is 5. The Morgan fingerprint density at radius 1 is 0.971 bits per heavy atom. The second-order valence-corrected chi connectivity index (χ2v) is 8.20. The van der Waals surface area contributed by atoms with E-state index in [0.29, 0.717) is 24.3 Å². The van der Waals surface area contributed by atoms with Crippen molar-refractivity contribution >= 4 is 11.8 Å². The van der Waals surface area contributed by atoms with Crippen molar-refractivity contribution in [2.75, 3.05) is 26.2 Å². The third-order valence-electron chi connectivity index (χ3n) is 5.78. The highest BCUT2D eigenvalue weighted by Crippen LogP contribution is 2.09. The van der Waals surface area contributed by atoms with E-state index in [1.165, 1.54) is 30.0 Å². The number of carbonyl (C=O) groups excluding carboxylic acids is 2. The van der Waals surface area contributed by atoms with Gasteiger partial charge in [-0.1, -0.05) is 29.8 Å². The molecular formula is C24H24FN5O4. The number of aryl methyl sites for hydroxylation is 1. The Balaban J connectivity index is 1.79. The minimum atomic E-state index is -0.850. The number of piperazine rings is 1. The van der Waals surface area contributed by atoms with Gasteiger partial charge in [-0.3, -0.25) is 19.0 Å². The van der Waals surface area contributed by atoms with Crippen LogP contribution in [0.25, 0.3) is 5.69 Å². The third-order valence-corrected chi connectivity index (χ3v) is 5.78. The minimum Gasteiger partial charge on any atom is -0.339 e. The molecule has 10 heteroatoms.